The van der Waals surface area contributed by atoms with Gasteiger partial charge in [-0.25, -0.2) is 0 Å². The first-order valence-electron chi connectivity index (χ1n) is 4.27. The van der Waals surface area contributed by atoms with Crippen LogP contribution in [0.1, 0.15) is 26.7 Å². The molecule has 0 amide bonds. The van der Waals surface area contributed by atoms with Crippen molar-refractivity contribution in [1.82, 2.24) is 0 Å². The Morgan fingerprint density at radius 1 is 1.31 bits per heavy atom. The zero-order chi connectivity index (χ0) is 10.5. The predicted octanol–water partition coefficient (Wildman–Crippen LogP) is 3.00. The van der Waals surface area contributed by atoms with Gasteiger partial charge in [-0.1, -0.05) is 25.6 Å². The molecule has 2 N–H and O–H groups in total. The van der Waals surface area contributed by atoms with Gasteiger partial charge in [-0.05, 0) is 18.8 Å². The van der Waals surface area contributed by atoms with Gasteiger partial charge in [-0.2, -0.15) is 13.2 Å². The van der Waals surface area contributed by atoms with Crippen LogP contribution in [-0.4, -0.2) is 17.3 Å². The second kappa shape index (κ2) is 5.75. The van der Waals surface area contributed by atoms with Crippen LogP contribution >= 0.6 is 11.8 Å². The van der Waals surface area contributed by atoms with Gasteiger partial charge in [-0.3, -0.25) is 0 Å². The smallest absolute Gasteiger partial charge is 0.328 e. The molecule has 13 heavy (non-hydrogen) atoms. The van der Waals surface area contributed by atoms with E-state index in [0.29, 0.717) is 12.3 Å². The maximum atomic E-state index is 11.7. The highest BCUT2D eigenvalue weighted by atomic mass is 32.2. The number of hydrogen-bond acceptors (Lipinski definition) is 2. The molecule has 1 unspecified atom stereocenters. The van der Waals surface area contributed by atoms with Crippen molar-refractivity contribution in [3.05, 3.63) is 0 Å². The first-order chi connectivity index (χ1) is 5.81. The Kier molecular flexibility index (Phi) is 5.80. The molecule has 0 aliphatic heterocycles. The second-order valence-electron chi connectivity index (χ2n) is 3.47. The molecule has 0 rings (SSSR count). The molecule has 0 bridgehead atoms. The van der Waals surface area contributed by atoms with Crippen molar-refractivity contribution in [2.45, 2.75) is 38.2 Å². The van der Waals surface area contributed by atoms with Crippen LogP contribution in [0.4, 0.5) is 13.2 Å². The topological polar surface area (TPSA) is 26.0 Å². The number of hydrogen-bond donors (Lipinski definition) is 1. The summed E-state index contributed by atoms with van der Waals surface area (Å²) < 4.78 is 35.1. The van der Waals surface area contributed by atoms with E-state index in [1.54, 1.807) is 0 Å². The third-order valence-corrected chi connectivity index (χ3v) is 2.30. The van der Waals surface area contributed by atoms with E-state index in [0.717, 1.165) is 6.42 Å². The molecular formula is C8H16F3NS. The van der Waals surface area contributed by atoms with Crippen LogP contribution in [0.3, 0.4) is 0 Å². The fraction of sp³-hybridized carbons (Fsp3) is 1.00. The number of thioether (sulfide) groups is 1. The van der Waals surface area contributed by atoms with Gasteiger partial charge >= 0.3 is 5.51 Å². The summed E-state index contributed by atoms with van der Waals surface area (Å²) in [5.74, 6) is 0.517. The summed E-state index contributed by atoms with van der Waals surface area (Å²) in [6.45, 7) is 4.02. The van der Waals surface area contributed by atoms with E-state index in [1.165, 1.54) is 0 Å². The molecule has 0 heterocycles. The minimum Gasteiger partial charge on any atom is -0.328 e. The van der Waals surface area contributed by atoms with Crippen molar-refractivity contribution >= 4 is 11.8 Å². The highest BCUT2D eigenvalue weighted by molar-refractivity contribution is 8.00. The molecular weight excluding hydrogens is 199 g/mol. The van der Waals surface area contributed by atoms with Crippen molar-refractivity contribution < 1.29 is 13.2 Å². The largest absolute Gasteiger partial charge is 0.441 e. The Bertz CT molecular complexity index is 136. The van der Waals surface area contributed by atoms with Gasteiger partial charge in [0.2, 0.25) is 0 Å². The molecule has 5 heteroatoms. The van der Waals surface area contributed by atoms with Gasteiger partial charge in [0.1, 0.15) is 0 Å². The molecule has 1 atom stereocenters. The number of nitrogens with two attached hydrogens (primary N) is 1. The normalized spacial score (nSPS) is 15.0. The van der Waals surface area contributed by atoms with Crippen LogP contribution in [0.2, 0.25) is 0 Å². The average molecular weight is 215 g/mol. The van der Waals surface area contributed by atoms with Crippen LogP contribution in [0.25, 0.3) is 0 Å². The molecule has 1 nitrogen and oxygen atoms in total. The summed E-state index contributed by atoms with van der Waals surface area (Å²) >= 11 is 0.00898. The van der Waals surface area contributed by atoms with Crippen LogP contribution < -0.4 is 5.73 Å². The second-order valence-corrected chi connectivity index (χ2v) is 4.63. The molecule has 80 valence electrons. The fourth-order valence-electron chi connectivity index (χ4n) is 1.05. The Morgan fingerprint density at radius 3 is 2.23 bits per heavy atom. The van der Waals surface area contributed by atoms with Crippen LogP contribution in [0.15, 0.2) is 0 Å². The highest BCUT2D eigenvalue weighted by Crippen LogP contribution is 2.30. The lowest BCUT2D eigenvalue weighted by atomic mass is 10.0. The maximum Gasteiger partial charge on any atom is 0.441 e. The zero-order valence-corrected chi connectivity index (χ0v) is 8.71. The van der Waals surface area contributed by atoms with Gasteiger partial charge in [0.25, 0.3) is 0 Å². The molecule has 0 aromatic heterocycles. The van der Waals surface area contributed by atoms with E-state index in [-0.39, 0.29) is 23.6 Å². The molecule has 0 aliphatic rings. The van der Waals surface area contributed by atoms with Crippen molar-refractivity contribution in [3.8, 4) is 0 Å². The van der Waals surface area contributed by atoms with E-state index < -0.39 is 5.51 Å². The Morgan fingerprint density at radius 2 is 1.85 bits per heavy atom. The van der Waals surface area contributed by atoms with Gasteiger partial charge in [0.05, 0.1) is 0 Å². The van der Waals surface area contributed by atoms with E-state index >= 15 is 0 Å². The monoisotopic (exact) mass is 215 g/mol. The predicted molar refractivity (Wildman–Crippen MR) is 50.6 cm³/mol. The van der Waals surface area contributed by atoms with Gasteiger partial charge in [0.15, 0.2) is 0 Å². The fourth-order valence-corrected chi connectivity index (χ4v) is 1.70. The van der Waals surface area contributed by atoms with Crippen LogP contribution in [-0.2, 0) is 0 Å². The van der Waals surface area contributed by atoms with E-state index in [2.05, 4.69) is 0 Å². The first-order valence-corrected chi connectivity index (χ1v) is 5.26. The summed E-state index contributed by atoms with van der Waals surface area (Å²) in [7, 11) is 0. The minimum atomic E-state index is -4.11. The molecule has 0 radical (unpaired) electrons. The lowest BCUT2D eigenvalue weighted by Gasteiger charge is -2.13. The molecule has 0 spiro atoms. The minimum absolute atomic E-state index is 0.00898. The quantitative estimate of drug-likeness (QED) is 0.763. The van der Waals surface area contributed by atoms with Crippen LogP contribution in [0, 0.1) is 5.92 Å². The summed E-state index contributed by atoms with van der Waals surface area (Å²) in [6.07, 6.45) is 1.22. The van der Waals surface area contributed by atoms with E-state index in [4.69, 9.17) is 5.73 Å². The van der Waals surface area contributed by atoms with Crippen molar-refractivity contribution in [3.63, 3.8) is 0 Å². The number of rotatable bonds is 5. The SMILES string of the molecule is CC(C)CC(N)CCSC(F)(F)F. The number of halogens is 3. The summed E-state index contributed by atoms with van der Waals surface area (Å²) in [5.41, 5.74) is 1.51. The standard InChI is InChI=1S/C8H16F3NS/c1-6(2)5-7(12)3-4-13-8(9,10)11/h6-7H,3-5,12H2,1-2H3. The zero-order valence-electron chi connectivity index (χ0n) is 7.90. The summed E-state index contributed by atoms with van der Waals surface area (Å²) in [5, 5.41) is 0. The third-order valence-electron chi connectivity index (χ3n) is 1.53. The van der Waals surface area contributed by atoms with Gasteiger partial charge in [0, 0.05) is 11.8 Å². The lowest BCUT2D eigenvalue weighted by Crippen LogP contribution is -2.23. The van der Waals surface area contributed by atoms with Crippen LogP contribution in [0.5, 0.6) is 0 Å². The maximum absolute atomic E-state index is 11.7. The summed E-state index contributed by atoms with van der Waals surface area (Å²) in [6, 6.07) is -0.102. The molecule has 0 saturated heterocycles. The Balaban J connectivity index is 3.42. The van der Waals surface area contributed by atoms with Crippen molar-refractivity contribution in [1.29, 1.82) is 0 Å². The number of alkyl halides is 3. The lowest BCUT2D eigenvalue weighted by molar-refractivity contribution is -0.0328. The molecule has 0 fully saturated rings. The first kappa shape index (κ1) is 13.1. The highest BCUT2D eigenvalue weighted by Gasteiger charge is 2.27. The molecule has 0 aliphatic carbocycles. The summed E-state index contributed by atoms with van der Waals surface area (Å²) in [4.78, 5) is 0. The Hall–Kier alpha value is 0.100. The Labute approximate surface area is 81.3 Å². The third kappa shape index (κ3) is 10.0. The molecule has 0 saturated carbocycles. The molecule has 0 aromatic carbocycles. The van der Waals surface area contributed by atoms with E-state index in [1.807, 2.05) is 13.8 Å². The molecule has 0 aromatic rings. The average Bonchev–Trinajstić information content (AvgIpc) is 1.81. The van der Waals surface area contributed by atoms with Crippen molar-refractivity contribution in [2.24, 2.45) is 11.7 Å². The van der Waals surface area contributed by atoms with Crippen molar-refractivity contribution in [2.75, 3.05) is 5.75 Å². The van der Waals surface area contributed by atoms with Gasteiger partial charge < -0.3 is 5.73 Å². The van der Waals surface area contributed by atoms with Gasteiger partial charge in [-0.15, -0.1) is 0 Å². The van der Waals surface area contributed by atoms with E-state index in [9.17, 15) is 13.2 Å².